The van der Waals surface area contributed by atoms with E-state index in [-0.39, 0.29) is 5.78 Å². The quantitative estimate of drug-likeness (QED) is 0.518. The second-order valence-corrected chi connectivity index (χ2v) is 4.49. The van der Waals surface area contributed by atoms with Gasteiger partial charge in [0.25, 0.3) is 0 Å². The summed E-state index contributed by atoms with van der Waals surface area (Å²) in [5.74, 6) is -0.0254. The van der Waals surface area contributed by atoms with E-state index in [0.29, 0.717) is 22.3 Å². The van der Waals surface area contributed by atoms with Gasteiger partial charge < -0.3 is 4.98 Å². The van der Waals surface area contributed by atoms with Crippen molar-refractivity contribution in [2.75, 3.05) is 0 Å². The number of hydrogen-bond donors (Lipinski definition) is 1. The SMILES string of the molecule is O=C1c2ccccc2-c2nc(=O)[nH]c3cccc1c23. The molecular formula is C15H8N2O2. The standard InChI is InChI=1S/C15H8N2O2/c18-14-9-5-2-1-4-8(9)13-12-10(14)6-3-7-11(12)16-15(19)17-13/h1-7H,(H,16,17,19). The summed E-state index contributed by atoms with van der Waals surface area (Å²) in [5, 5.41) is 0.728. The van der Waals surface area contributed by atoms with Crippen LogP contribution in [0.4, 0.5) is 0 Å². The zero-order valence-electron chi connectivity index (χ0n) is 9.81. The highest BCUT2D eigenvalue weighted by molar-refractivity contribution is 6.24. The van der Waals surface area contributed by atoms with Crippen molar-refractivity contribution in [3.05, 3.63) is 64.1 Å². The van der Waals surface area contributed by atoms with E-state index in [1.807, 2.05) is 18.2 Å². The van der Waals surface area contributed by atoms with Crippen LogP contribution in [0.25, 0.3) is 22.2 Å². The molecule has 3 aromatic rings. The molecule has 4 heteroatoms. The summed E-state index contributed by atoms with van der Waals surface area (Å²) in [6.07, 6.45) is 0. The summed E-state index contributed by atoms with van der Waals surface area (Å²) in [4.78, 5) is 30.8. The van der Waals surface area contributed by atoms with Crippen LogP contribution in [0.15, 0.2) is 47.3 Å². The van der Waals surface area contributed by atoms with Crippen LogP contribution in [0.5, 0.6) is 0 Å². The van der Waals surface area contributed by atoms with Gasteiger partial charge in [0, 0.05) is 22.1 Å². The maximum atomic E-state index is 12.5. The lowest BCUT2D eigenvalue weighted by atomic mass is 9.87. The second kappa shape index (κ2) is 3.38. The van der Waals surface area contributed by atoms with E-state index < -0.39 is 5.69 Å². The fourth-order valence-corrected chi connectivity index (χ4v) is 2.63. The van der Waals surface area contributed by atoms with Crippen molar-refractivity contribution in [3.8, 4) is 11.3 Å². The van der Waals surface area contributed by atoms with E-state index in [0.717, 1.165) is 10.9 Å². The van der Waals surface area contributed by atoms with E-state index in [1.54, 1.807) is 24.3 Å². The summed E-state index contributed by atoms with van der Waals surface area (Å²) < 4.78 is 0. The van der Waals surface area contributed by atoms with Gasteiger partial charge in [-0.1, -0.05) is 36.4 Å². The molecule has 0 amide bonds. The number of nitrogens with one attached hydrogen (secondary N) is 1. The maximum absolute atomic E-state index is 12.5. The van der Waals surface area contributed by atoms with Crippen LogP contribution in [0.1, 0.15) is 15.9 Å². The number of hydrogen-bond acceptors (Lipinski definition) is 3. The third kappa shape index (κ3) is 1.25. The molecule has 1 N–H and O–H groups in total. The minimum Gasteiger partial charge on any atom is -0.305 e. The summed E-state index contributed by atoms with van der Waals surface area (Å²) in [6.45, 7) is 0. The van der Waals surface area contributed by atoms with Gasteiger partial charge in [0.05, 0.1) is 11.2 Å². The number of aromatic nitrogens is 2. The lowest BCUT2D eigenvalue weighted by Gasteiger charge is -2.17. The molecule has 19 heavy (non-hydrogen) atoms. The fourth-order valence-electron chi connectivity index (χ4n) is 2.63. The van der Waals surface area contributed by atoms with Gasteiger partial charge in [0.2, 0.25) is 0 Å². The molecule has 0 spiro atoms. The largest absolute Gasteiger partial charge is 0.345 e. The fraction of sp³-hybridized carbons (Fsp3) is 0. The lowest BCUT2D eigenvalue weighted by Crippen LogP contribution is -2.17. The maximum Gasteiger partial charge on any atom is 0.345 e. The second-order valence-electron chi connectivity index (χ2n) is 4.49. The third-order valence-electron chi connectivity index (χ3n) is 3.43. The first-order chi connectivity index (χ1) is 9.25. The Labute approximate surface area is 107 Å². The number of benzene rings is 2. The molecule has 2 aromatic carbocycles. The van der Waals surface area contributed by atoms with Gasteiger partial charge in [0.15, 0.2) is 5.78 Å². The average molecular weight is 248 g/mol. The highest BCUT2D eigenvalue weighted by Gasteiger charge is 2.26. The predicted octanol–water partition coefficient (Wildman–Crippen LogP) is 2.13. The van der Waals surface area contributed by atoms with Crippen molar-refractivity contribution in [2.45, 2.75) is 0 Å². The number of nitrogens with zero attached hydrogens (tertiary/aromatic N) is 1. The monoisotopic (exact) mass is 248 g/mol. The first-order valence-corrected chi connectivity index (χ1v) is 5.93. The number of aromatic amines is 1. The van der Waals surface area contributed by atoms with Gasteiger partial charge >= 0.3 is 5.69 Å². The van der Waals surface area contributed by atoms with Crippen LogP contribution in [-0.2, 0) is 0 Å². The van der Waals surface area contributed by atoms with E-state index in [2.05, 4.69) is 9.97 Å². The first kappa shape index (κ1) is 10.2. The molecule has 1 aromatic heterocycles. The van der Waals surface area contributed by atoms with Gasteiger partial charge in [-0.15, -0.1) is 0 Å². The normalized spacial score (nSPS) is 12.5. The molecule has 0 unspecified atom stereocenters. The van der Waals surface area contributed by atoms with Gasteiger partial charge in [-0.3, -0.25) is 4.79 Å². The number of ketones is 1. The Bertz CT molecular complexity index is 909. The molecule has 0 fully saturated rings. The van der Waals surface area contributed by atoms with Crippen LogP contribution in [0.3, 0.4) is 0 Å². The number of fused-ring (bicyclic) bond motifs is 2. The van der Waals surface area contributed by atoms with E-state index in [1.165, 1.54) is 0 Å². The zero-order chi connectivity index (χ0) is 13.0. The van der Waals surface area contributed by atoms with E-state index >= 15 is 0 Å². The third-order valence-corrected chi connectivity index (χ3v) is 3.43. The minimum absolute atomic E-state index is 0.0254. The molecule has 1 aliphatic carbocycles. The molecule has 0 saturated heterocycles. The average Bonchev–Trinajstić information content (AvgIpc) is 2.44. The van der Waals surface area contributed by atoms with Gasteiger partial charge in [-0.2, -0.15) is 4.98 Å². The van der Waals surface area contributed by atoms with Crippen LogP contribution >= 0.6 is 0 Å². The molecule has 0 saturated carbocycles. The molecular weight excluding hydrogens is 240 g/mol. The van der Waals surface area contributed by atoms with Gasteiger partial charge in [-0.25, -0.2) is 4.79 Å². The Hall–Kier alpha value is -2.75. The molecule has 4 rings (SSSR count). The molecule has 1 aliphatic rings. The highest BCUT2D eigenvalue weighted by Crippen LogP contribution is 2.36. The molecule has 0 radical (unpaired) electrons. The van der Waals surface area contributed by atoms with Gasteiger partial charge in [-0.05, 0) is 6.07 Å². The number of rotatable bonds is 0. The molecule has 0 bridgehead atoms. The Morgan fingerprint density at radius 2 is 1.58 bits per heavy atom. The van der Waals surface area contributed by atoms with E-state index in [9.17, 15) is 9.59 Å². The van der Waals surface area contributed by atoms with Crippen LogP contribution in [0, 0.1) is 0 Å². The van der Waals surface area contributed by atoms with Crippen molar-refractivity contribution in [3.63, 3.8) is 0 Å². The van der Waals surface area contributed by atoms with Crippen molar-refractivity contribution in [1.82, 2.24) is 9.97 Å². The van der Waals surface area contributed by atoms with E-state index in [4.69, 9.17) is 0 Å². The molecule has 4 nitrogen and oxygen atoms in total. The summed E-state index contributed by atoms with van der Waals surface area (Å²) in [5.41, 5.74) is 2.75. The first-order valence-electron chi connectivity index (χ1n) is 5.93. The Morgan fingerprint density at radius 1 is 0.842 bits per heavy atom. The van der Waals surface area contributed by atoms with Crippen molar-refractivity contribution < 1.29 is 4.79 Å². The van der Waals surface area contributed by atoms with Crippen LogP contribution < -0.4 is 5.69 Å². The lowest BCUT2D eigenvalue weighted by molar-refractivity contribution is 0.104. The summed E-state index contributed by atoms with van der Waals surface area (Å²) >= 11 is 0. The molecule has 0 atom stereocenters. The van der Waals surface area contributed by atoms with Crippen molar-refractivity contribution in [1.29, 1.82) is 0 Å². The summed E-state index contributed by atoms with van der Waals surface area (Å²) in [6, 6.07) is 12.6. The van der Waals surface area contributed by atoms with Crippen molar-refractivity contribution >= 4 is 16.7 Å². The zero-order valence-corrected chi connectivity index (χ0v) is 9.81. The van der Waals surface area contributed by atoms with Crippen molar-refractivity contribution in [2.24, 2.45) is 0 Å². The highest BCUT2D eigenvalue weighted by atomic mass is 16.1. The van der Waals surface area contributed by atoms with Crippen LogP contribution in [0.2, 0.25) is 0 Å². The smallest absolute Gasteiger partial charge is 0.305 e. The number of H-pyrrole nitrogens is 1. The number of carbonyl (C=O) groups is 1. The molecule has 0 aliphatic heterocycles. The topological polar surface area (TPSA) is 62.8 Å². The molecule has 90 valence electrons. The van der Waals surface area contributed by atoms with Crippen LogP contribution in [-0.4, -0.2) is 15.8 Å². The molecule has 1 heterocycles. The Balaban J connectivity index is 2.31. The predicted molar refractivity (Wildman–Crippen MR) is 71.2 cm³/mol. The summed E-state index contributed by atoms with van der Waals surface area (Å²) in [7, 11) is 0. The Kier molecular flexibility index (Phi) is 1.82. The Morgan fingerprint density at radius 3 is 2.42 bits per heavy atom. The van der Waals surface area contributed by atoms with Gasteiger partial charge in [0.1, 0.15) is 0 Å². The number of carbonyl (C=O) groups excluding carboxylic acids is 1. The minimum atomic E-state index is -0.399.